The van der Waals surface area contributed by atoms with Crippen molar-refractivity contribution in [1.82, 2.24) is 4.98 Å². The van der Waals surface area contributed by atoms with Crippen molar-refractivity contribution in [1.29, 1.82) is 0 Å². The van der Waals surface area contributed by atoms with Gasteiger partial charge in [0, 0.05) is 11.8 Å². The van der Waals surface area contributed by atoms with E-state index in [9.17, 15) is 0 Å². The molecule has 1 aromatic carbocycles. The van der Waals surface area contributed by atoms with Crippen LogP contribution in [0.2, 0.25) is 0 Å². The maximum atomic E-state index is 9.06. The lowest BCUT2D eigenvalue weighted by Crippen LogP contribution is -2.15. The number of aliphatic hydroxyl groups is 1. The summed E-state index contributed by atoms with van der Waals surface area (Å²) >= 11 is 4.95. The van der Waals surface area contributed by atoms with E-state index in [0.717, 1.165) is 11.1 Å². The molecule has 1 heterocycles. The first-order chi connectivity index (χ1) is 9.20. The SMILES string of the molecule is NC(=S)c1ncccc1COc1cccc(CO)c1. The first-order valence-electron chi connectivity index (χ1n) is 5.77. The number of benzene rings is 1. The van der Waals surface area contributed by atoms with Gasteiger partial charge in [-0.3, -0.25) is 4.98 Å². The number of aromatic nitrogens is 1. The van der Waals surface area contributed by atoms with Crippen LogP contribution in [-0.4, -0.2) is 15.1 Å². The Labute approximate surface area is 116 Å². The molecule has 0 amide bonds. The predicted molar refractivity (Wildman–Crippen MR) is 76.8 cm³/mol. The van der Waals surface area contributed by atoms with Crippen molar-refractivity contribution in [3.63, 3.8) is 0 Å². The van der Waals surface area contributed by atoms with E-state index in [-0.39, 0.29) is 11.6 Å². The molecule has 0 saturated carbocycles. The van der Waals surface area contributed by atoms with E-state index in [1.165, 1.54) is 0 Å². The van der Waals surface area contributed by atoms with Gasteiger partial charge < -0.3 is 15.6 Å². The van der Waals surface area contributed by atoms with Gasteiger partial charge in [-0.05, 0) is 23.8 Å². The minimum absolute atomic E-state index is 0.0117. The van der Waals surface area contributed by atoms with E-state index >= 15 is 0 Å². The summed E-state index contributed by atoms with van der Waals surface area (Å²) in [6.45, 7) is 0.317. The summed E-state index contributed by atoms with van der Waals surface area (Å²) in [7, 11) is 0. The van der Waals surface area contributed by atoms with E-state index in [4.69, 9.17) is 27.8 Å². The molecule has 0 radical (unpaired) electrons. The number of hydrogen-bond acceptors (Lipinski definition) is 4. The van der Waals surface area contributed by atoms with Gasteiger partial charge in [-0.2, -0.15) is 0 Å². The van der Waals surface area contributed by atoms with Gasteiger partial charge in [0.1, 0.15) is 23.0 Å². The van der Waals surface area contributed by atoms with Crippen molar-refractivity contribution in [3.05, 3.63) is 59.4 Å². The second kappa shape index (κ2) is 6.26. The third-order valence-electron chi connectivity index (χ3n) is 2.60. The first kappa shape index (κ1) is 13.5. The standard InChI is InChI=1S/C14H14N2O2S/c15-14(19)13-11(4-2-6-16-13)9-18-12-5-1-3-10(7-12)8-17/h1-7,17H,8-9H2,(H2,15,19). The summed E-state index contributed by atoms with van der Waals surface area (Å²) in [6.07, 6.45) is 1.64. The van der Waals surface area contributed by atoms with Crippen molar-refractivity contribution in [2.75, 3.05) is 0 Å². The normalized spacial score (nSPS) is 10.2. The lowest BCUT2D eigenvalue weighted by Gasteiger charge is -2.10. The number of pyridine rings is 1. The summed E-state index contributed by atoms with van der Waals surface area (Å²) in [5.41, 5.74) is 7.83. The smallest absolute Gasteiger partial charge is 0.123 e. The molecule has 98 valence electrons. The van der Waals surface area contributed by atoms with Crippen molar-refractivity contribution in [3.8, 4) is 5.75 Å². The highest BCUT2D eigenvalue weighted by Gasteiger charge is 2.06. The lowest BCUT2D eigenvalue weighted by atomic mass is 10.2. The summed E-state index contributed by atoms with van der Waals surface area (Å²) in [5.74, 6) is 0.685. The van der Waals surface area contributed by atoms with E-state index in [1.54, 1.807) is 12.3 Å². The van der Waals surface area contributed by atoms with Crippen LogP contribution in [0.1, 0.15) is 16.8 Å². The lowest BCUT2D eigenvalue weighted by molar-refractivity contribution is 0.278. The van der Waals surface area contributed by atoms with Gasteiger partial charge in [0.05, 0.1) is 6.61 Å². The van der Waals surface area contributed by atoms with Crippen LogP contribution in [0.5, 0.6) is 5.75 Å². The van der Waals surface area contributed by atoms with Gasteiger partial charge in [-0.1, -0.05) is 30.4 Å². The molecule has 0 aliphatic rings. The average molecular weight is 274 g/mol. The van der Waals surface area contributed by atoms with Crippen molar-refractivity contribution in [2.24, 2.45) is 5.73 Å². The predicted octanol–water partition coefficient (Wildman–Crippen LogP) is 1.79. The summed E-state index contributed by atoms with van der Waals surface area (Å²) < 4.78 is 5.66. The van der Waals surface area contributed by atoms with Gasteiger partial charge >= 0.3 is 0 Å². The molecule has 3 N–H and O–H groups in total. The largest absolute Gasteiger partial charge is 0.489 e. The molecule has 2 aromatic rings. The Morgan fingerprint density at radius 1 is 1.32 bits per heavy atom. The molecule has 0 bridgehead atoms. The van der Waals surface area contributed by atoms with Crippen LogP contribution in [-0.2, 0) is 13.2 Å². The van der Waals surface area contributed by atoms with Gasteiger partial charge in [0.15, 0.2) is 0 Å². The number of nitrogens with zero attached hydrogens (tertiary/aromatic N) is 1. The minimum atomic E-state index is -0.0117. The number of nitrogens with two attached hydrogens (primary N) is 1. The maximum Gasteiger partial charge on any atom is 0.123 e. The highest BCUT2D eigenvalue weighted by atomic mass is 32.1. The van der Waals surface area contributed by atoms with Crippen molar-refractivity contribution in [2.45, 2.75) is 13.2 Å². The monoisotopic (exact) mass is 274 g/mol. The van der Waals surface area contributed by atoms with Crippen molar-refractivity contribution < 1.29 is 9.84 Å². The highest BCUT2D eigenvalue weighted by Crippen LogP contribution is 2.16. The zero-order valence-electron chi connectivity index (χ0n) is 10.2. The molecule has 0 atom stereocenters. The zero-order chi connectivity index (χ0) is 13.7. The summed E-state index contributed by atoms with van der Waals surface area (Å²) in [4.78, 5) is 4.39. The molecule has 0 unspecified atom stereocenters. The summed E-state index contributed by atoms with van der Waals surface area (Å²) in [6, 6.07) is 11.0. The van der Waals surface area contributed by atoms with Gasteiger partial charge in [-0.15, -0.1) is 0 Å². The second-order valence-electron chi connectivity index (χ2n) is 3.97. The Hall–Kier alpha value is -1.98. The molecule has 5 heteroatoms. The molecule has 2 rings (SSSR count). The Morgan fingerprint density at radius 3 is 2.89 bits per heavy atom. The topological polar surface area (TPSA) is 68.4 Å². The van der Waals surface area contributed by atoms with Crippen LogP contribution >= 0.6 is 12.2 Å². The molecule has 1 aromatic heterocycles. The van der Waals surface area contributed by atoms with E-state index < -0.39 is 0 Å². The Morgan fingerprint density at radius 2 is 2.16 bits per heavy atom. The van der Waals surface area contributed by atoms with E-state index in [2.05, 4.69) is 4.98 Å². The van der Waals surface area contributed by atoms with Crippen LogP contribution in [0, 0.1) is 0 Å². The Kier molecular flexibility index (Phi) is 4.43. The quantitative estimate of drug-likeness (QED) is 0.814. The molecule has 0 aliphatic heterocycles. The van der Waals surface area contributed by atoms with E-state index in [1.807, 2.05) is 30.3 Å². The molecule has 19 heavy (non-hydrogen) atoms. The molecular weight excluding hydrogens is 260 g/mol. The first-order valence-corrected chi connectivity index (χ1v) is 6.18. The fourth-order valence-electron chi connectivity index (χ4n) is 1.67. The number of rotatable bonds is 5. The van der Waals surface area contributed by atoms with Crippen LogP contribution < -0.4 is 10.5 Å². The van der Waals surface area contributed by atoms with E-state index in [0.29, 0.717) is 18.1 Å². The number of ether oxygens (including phenoxy) is 1. The fourth-order valence-corrected chi connectivity index (χ4v) is 1.86. The van der Waals surface area contributed by atoms with Gasteiger partial charge in [0.25, 0.3) is 0 Å². The number of aliphatic hydroxyl groups excluding tert-OH is 1. The maximum absolute atomic E-state index is 9.06. The Balaban J connectivity index is 2.12. The highest BCUT2D eigenvalue weighted by molar-refractivity contribution is 7.80. The molecule has 0 fully saturated rings. The third-order valence-corrected chi connectivity index (χ3v) is 2.79. The van der Waals surface area contributed by atoms with Crippen LogP contribution in [0.15, 0.2) is 42.6 Å². The third kappa shape index (κ3) is 3.49. The summed E-state index contributed by atoms with van der Waals surface area (Å²) in [5, 5.41) is 9.06. The van der Waals surface area contributed by atoms with Crippen molar-refractivity contribution >= 4 is 17.2 Å². The van der Waals surface area contributed by atoms with Gasteiger partial charge in [-0.25, -0.2) is 0 Å². The Bertz CT molecular complexity index is 587. The van der Waals surface area contributed by atoms with Crippen LogP contribution in [0.25, 0.3) is 0 Å². The zero-order valence-corrected chi connectivity index (χ0v) is 11.1. The minimum Gasteiger partial charge on any atom is -0.489 e. The average Bonchev–Trinajstić information content (AvgIpc) is 2.45. The van der Waals surface area contributed by atoms with Crippen LogP contribution in [0.3, 0.4) is 0 Å². The van der Waals surface area contributed by atoms with Crippen LogP contribution in [0.4, 0.5) is 0 Å². The molecule has 4 nitrogen and oxygen atoms in total. The molecule has 0 spiro atoms. The molecule has 0 saturated heterocycles. The molecular formula is C14H14N2O2S. The molecule has 0 aliphatic carbocycles. The number of thiocarbonyl (C=S) groups is 1. The fraction of sp³-hybridized carbons (Fsp3) is 0.143. The second-order valence-corrected chi connectivity index (χ2v) is 4.41. The van der Waals surface area contributed by atoms with Gasteiger partial charge in [0.2, 0.25) is 0 Å². The number of hydrogen-bond donors (Lipinski definition) is 2.